The molecule has 1 aliphatic heterocycles. The van der Waals surface area contributed by atoms with E-state index >= 15 is 0 Å². The maximum atomic E-state index is 11.5. The predicted molar refractivity (Wildman–Crippen MR) is 89.2 cm³/mol. The zero-order valence-electron chi connectivity index (χ0n) is 14.1. The van der Waals surface area contributed by atoms with E-state index in [-0.39, 0.29) is 11.2 Å². The van der Waals surface area contributed by atoms with Gasteiger partial charge in [-0.1, -0.05) is 0 Å². The first-order valence-corrected chi connectivity index (χ1v) is 7.84. The van der Waals surface area contributed by atoms with E-state index in [9.17, 15) is 9.90 Å². The second kappa shape index (κ2) is 5.49. The molecule has 3 heterocycles. The van der Waals surface area contributed by atoms with Gasteiger partial charge in [0.25, 0.3) is 0 Å². The highest BCUT2D eigenvalue weighted by molar-refractivity contribution is 6.00. The van der Waals surface area contributed by atoms with Crippen LogP contribution in [-0.2, 0) is 5.54 Å². The summed E-state index contributed by atoms with van der Waals surface area (Å²) in [6.07, 6.45) is 0. The summed E-state index contributed by atoms with van der Waals surface area (Å²) in [5.74, 6) is -0.139. The number of aromatic nitrogens is 3. The van der Waals surface area contributed by atoms with Crippen molar-refractivity contribution in [3.63, 3.8) is 0 Å². The summed E-state index contributed by atoms with van der Waals surface area (Å²) in [5, 5.41) is 14.3. The van der Waals surface area contributed by atoms with Crippen molar-refractivity contribution < 1.29 is 9.90 Å². The summed E-state index contributed by atoms with van der Waals surface area (Å²) in [7, 11) is 2.11. The Balaban J connectivity index is 2.09. The highest BCUT2D eigenvalue weighted by Gasteiger charge is 2.25. The number of hydrogen-bond donors (Lipinski definition) is 1. The number of piperazine rings is 1. The van der Waals surface area contributed by atoms with Gasteiger partial charge < -0.3 is 14.9 Å². The molecule has 1 fully saturated rings. The zero-order valence-corrected chi connectivity index (χ0v) is 14.1. The van der Waals surface area contributed by atoms with Crippen LogP contribution in [0.3, 0.4) is 0 Å². The number of carbonyl (C=O) groups is 1. The Morgan fingerprint density at radius 1 is 1.17 bits per heavy atom. The number of pyridine rings is 1. The molecule has 0 aromatic carbocycles. The number of carboxylic acid groups (broad SMARTS) is 1. The Kier molecular flexibility index (Phi) is 3.75. The van der Waals surface area contributed by atoms with Crippen molar-refractivity contribution >= 4 is 22.8 Å². The van der Waals surface area contributed by atoms with Gasteiger partial charge in [0.05, 0.1) is 10.9 Å². The number of likely N-dealkylation sites (N-methyl/N-ethyl adjacent to an activating group) is 1. The Morgan fingerprint density at radius 2 is 1.83 bits per heavy atom. The van der Waals surface area contributed by atoms with E-state index < -0.39 is 5.97 Å². The summed E-state index contributed by atoms with van der Waals surface area (Å²) in [6, 6.07) is 3.73. The SMILES string of the molecule is CN1CCN(c2ccc3c(C(=O)O)nn(C(C)(C)C)c3n2)CC1. The van der Waals surface area contributed by atoms with Crippen molar-refractivity contribution in [3.8, 4) is 0 Å². The molecule has 1 N–H and O–H groups in total. The van der Waals surface area contributed by atoms with Crippen molar-refractivity contribution in [2.75, 3.05) is 38.1 Å². The third kappa shape index (κ3) is 2.88. The fraction of sp³-hybridized carbons (Fsp3) is 0.562. The first kappa shape index (κ1) is 15.7. The second-order valence-corrected chi connectivity index (χ2v) is 7.07. The van der Waals surface area contributed by atoms with E-state index in [0.29, 0.717) is 11.0 Å². The molecule has 2 aromatic heterocycles. The van der Waals surface area contributed by atoms with Gasteiger partial charge in [0.15, 0.2) is 11.3 Å². The van der Waals surface area contributed by atoms with Crippen LogP contribution in [0, 0.1) is 0 Å². The highest BCUT2D eigenvalue weighted by atomic mass is 16.4. The van der Waals surface area contributed by atoms with Crippen LogP contribution in [0.25, 0.3) is 11.0 Å². The first-order valence-electron chi connectivity index (χ1n) is 7.84. The summed E-state index contributed by atoms with van der Waals surface area (Å²) < 4.78 is 1.71. The van der Waals surface area contributed by atoms with Gasteiger partial charge in [-0.25, -0.2) is 14.5 Å². The number of aromatic carboxylic acids is 1. The van der Waals surface area contributed by atoms with Crippen LogP contribution in [0.4, 0.5) is 5.82 Å². The molecule has 1 saturated heterocycles. The summed E-state index contributed by atoms with van der Waals surface area (Å²) in [4.78, 5) is 20.7. The Bertz CT molecular complexity index is 739. The average Bonchev–Trinajstić information content (AvgIpc) is 2.87. The third-order valence-electron chi connectivity index (χ3n) is 4.18. The van der Waals surface area contributed by atoms with Gasteiger partial charge in [0.1, 0.15) is 5.82 Å². The van der Waals surface area contributed by atoms with Crippen molar-refractivity contribution in [1.82, 2.24) is 19.7 Å². The number of carboxylic acids is 1. The molecule has 0 aliphatic carbocycles. The average molecular weight is 317 g/mol. The van der Waals surface area contributed by atoms with Crippen molar-refractivity contribution in [2.24, 2.45) is 0 Å². The number of rotatable bonds is 2. The Hall–Kier alpha value is -2.15. The fourth-order valence-corrected chi connectivity index (χ4v) is 2.82. The molecule has 0 radical (unpaired) electrons. The minimum absolute atomic E-state index is 0.0624. The van der Waals surface area contributed by atoms with Crippen LogP contribution < -0.4 is 4.90 Å². The van der Waals surface area contributed by atoms with Gasteiger partial charge >= 0.3 is 5.97 Å². The largest absolute Gasteiger partial charge is 0.476 e. The van der Waals surface area contributed by atoms with E-state index in [4.69, 9.17) is 4.98 Å². The van der Waals surface area contributed by atoms with Crippen molar-refractivity contribution in [3.05, 3.63) is 17.8 Å². The van der Waals surface area contributed by atoms with E-state index in [0.717, 1.165) is 32.0 Å². The van der Waals surface area contributed by atoms with Crippen LogP contribution in [0.5, 0.6) is 0 Å². The number of fused-ring (bicyclic) bond motifs is 1. The van der Waals surface area contributed by atoms with Gasteiger partial charge in [-0.2, -0.15) is 5.10 Å². The molecule has 2 aromatic rings. The molecule has 0 unspecified atom stereocenters. The third-order valence-corrected chi connectivity index (χ3v) is 4.18. The Labute approximate surface area is 135 Å². The Morgan fingerprint density at radius 3 is 2.39 bits per heavy atom. The second-order valence-electron chi connectivity index (χ2n) is 7.07. The summed E-state index contributed by atoms with van der Waals surface area (Å²) in [5.41, 5.74) is 0.360. The molecule has 1 aliphatic rings. The molecule has 3 rings (SSSR count). The van der Waals surface area contributed by atoms with Crippen molar-refractivity contribution in [2.45, 2.75) is 26.3 Å². The van der Waals surface area contributed by atoms with Crippen LogP contribution in [0.2, 0.25) is 0 Å². The molecule has 23 heavy (non-hydrogen) atoms. The molecule has 7 heteroatoms. The maximum Gasteiger partial charge on any atom is 0.357 e. The van der Waals surface area contributed by atoms with Gasteiger partial charge in [-0.15, -0.1) is 0 Å². The highest BCUT2D eigenvalue weighted by Crippen LogP contribution is 2.26. The predicted octanol–water partition coefficient (Wildman–Crippen LogP) is 1.64. The monoisotopic (exact) mass is 317 g/mol. The number of anilines is 1. The molecule has 124 valence electrons. The maximum absolute atomic E-state index is 11.5. The van der Waals surface area contributed by atoms with Gasteiger partial charge in [0, 0.05) is 26.2 Å². The van der Waals surface area contributed by atoms with E-state index in [1.54, 1.807) is 4.68 Å². The lowest BCUT2D eigenvalue weighted by Crippen LogP contribution is -2.44. The zero-order chi connectivity index (χ0) is 16.8. The quantitative estimate of drug-likeness (QED) is 0.907. The molecular formula is C16H23N5O2. The van der Waals surface area contributed by atoms with Crippen LogP contribution in [-0.4, -0.2) is 64.0 Å². The lowest BCUT2D eigenvalue weighted by Gasteiger charge is -2.33. The first-order chi connectivity index (χ1) is 10.8. The van der Waals surface area contributed by atoms with Crippen LogP contribution >= 0.6 is 0 Å². The van der Waals surface area contributed by atoms with E-state index in [2.05, 4.69) is 21.9 Å². The lowest BCUT2D eigenvalue weighted by atomic mass is 10.1. The molecule has 7 nitrogen and oxygen atoms in total. The van der Waals surface area contributed by atoms with Gasteiger partial charge in [0.2, 0.25) is 0 Å². The summed E-state index contributed by atoms with van der Waals surface area (Å²) >= 11 is 0. The molecular weight excluding hydrogens is 294 g/mol. The molecule has 0 atom stereocenters. The summed E-state index contributed by atoms with van der Waals surface area (Å²) in [6.45, 7) is 9.83. The smallest absolute Gasteiger partial charge is 0.357 e. The molecule has 0 bridgehead atoms. The topological polar surface area (TPSA) is 74.5 Å². The molecule has 0 amide bonds. The van der Waals surface area contributed by atoms with Crippen LogP contribution in [0.15, 0.2) is 12.1 Å². The van der Waals surface area contributed by atoms with E-state index in [1.807, 2.05) is 32.9 Å². The number of nitrogens with zero attached hydrogens (tertiary/aromatic N) is 5. The lowest BCUT2D eigenvalue weighted by molar-refractivity contribution is 0.0690. The number of hydrogen-bond acceptors (Lipinski definition) is 5. The van der Waals surface area contributed by atoms with Crippen molar-refractivity contribution in [1.29, 1.82) is 0 Å². The minimum Gasteiger partial charge on any atom is -0.476 e. The minimum atomic E-state index is -1.02. The fourth-order valence-electron chi connectivity index (χ4n) is 2.82. The van der Waals surface area contributed by atoms with Gasteiger partial charge in [-0.05, 0) is 40.0 Å². The van der Waals surface area contributed by atoms with Crippen LogP contribution in [0.1, 0.15) is 31.3 Å². The molecule has 0 saturated carbocycles. The van der Waals surface area contributed by atoms with E-state index in [1.165, 1.54) is 0 Å². The normalized spacial score (nSPS) is 17.0. The standard InChI is InChI=1S/C16H23N5O2/c1-16(2,3)21-14-11(13(18-21)15(22)23)5-6-12(17-14)20-9-7-19(4)8-10-20/h5-6H,7-10H2,1-4H3,(H,22,23). The van der Waals surface area contributed by atoms with Gasteiger partial charge in [-0.3, -0.25) is 0 Å². The molecule has 0 spiro atoms.